The van der Waals surface area contributed by atoms with Crippen molar-refractivity contribution in [1.82, 2.24) is 5.32 Å². The quantitative estimate of drug-likeness (QED) is 0.523. The maximum Gasteiger partial charge on any atom is 0.328 e. The molecule has 2 aromatic rings. The summed E-state index contributed by atoms with van der Waals surface area (Å²) < 4.78 is 0. The van der Waals surface area contributed by atoms with Gasteiger partial charge in [-0.05, 0) is 42.7 Å². The zero-order valence-electron chi connectivity index (χ0n) is 14.2. The molecule has 0 unspecified atom stereocenters. The lowest BCUT2D eigenvalue weighted by Crippen LogP contribution is -2.23. The number of aryl methyl sites for hydroxylation is 1. The van der Waals surface area contributed by atoms with E-state index in [9.17, 15) is 14.7 Å². The molecule has 0 radical (unpaired) electrons. The van der Waals surface area contributed by atoms with Crippen LogP contribution in [0.5, 0.6) is 5.75 Å². The fourth-order valence-corrected chi connectivity index (χ4v) is 2.12. The van der Waals surface area contributed by atoms with E-state index in [1.807, 2.05) is 31.2 Å². The number of aromatic hydroxyl groups is 1. The topological polar surface area (TPSA) is 111 Å². The number of amides is 1. The number of nitrogens with one attached hydrogen (secondary N) is 1. The Morgan fingerprint density at radius 2 is 1.81 bits per heavy atom. The summed E-state index contributed by atoms with van der Waals surface area (Å²) in [6.45, 7) is 2.24. The van der Waals surface area contributed by atoms with Crippen LogP contribution in [0.25, 0.3) is 0 Å². The summed E-state index contributed by atoms with van der Waals surface area (Å²) in [5.41, 5.74) is 2.88. The van der Waals surface area contributed by atoms with Gasteiger partial charge in [0.2, 0.25) is 5.91 Å². The third-order valence-electron chi connectivity index (χ3n) is 3.51. The lowest BCUT2D eigenvalue weighted by Gasteiger charge is -2.05. The monoisotopic (exact) mass is 353 g/mol. The first kappa shape index (κ1) is 18.9. The minimum Gasteiger partial charge on any atom is -0.506 e. The van der Waals surface area contributed by atoms with Gasteiger partial charge in [-0.25, -0.2) is 4.79 Å². The second-order valence-electron chi connectivity index (χ2n) is 5.52. The minimum absolute atomic E-state index is 0.0134. The van der Waals surface area contributed by atoms with Crippen molar-refractivity contribution in [1.29, 1.82) is 0 Å². The van der Waals surface area contributed by atoms with Gasteiger partial charge in [-0.3, -0.25) is 4.79 Å². The summed E-state index contributed by atoms with van der Waals surface area (Å²) in [6.07, 6.45) is 2.24. The van der Waals surface area contributed by atoms with Crippen LogP contribution in [-0.2, 0) is 16.0 Å². The molecule has 2 aromatic carbocycles. The van der Waals surface area contributed by atoms with Crippen LogP contribution in [-0.4, -0.2) is 28.6 Å². The van der Waals surface area contributed by atoms with Gasteiger partial charge in [0.15, 0.2) is 0 Å². The molecule has 0 bridgehead atoms. The molecule has 0 aliphatic heterocycles. The van der Waals surface area contributed by atoms with Crippen LogP contribution in [0.2, 0.25) is 0 Å². The van der Waals surface area contributed by atoms with Gasteiger partial charge >= 0.3 is 5.97 Å². The van der Waals surface area contributed by atoms with Crippen LogP contribution in [0, 0.1) is 6.92 Å². The van der Waals surface area contributed by atoms with Crippen LogP contribution < -0.4 is 5.32 Å². The molecule has 7 nitrogen and oxygen atoms in total. The summed E-state index contributed by atoms with van der Waals surface area (Å²) in [5.74, 6) is -1.65. The molecule has 0 fully saturated rings. The molecule has 2 rings (SSSR count). The predicted molar refractivity (Wildman–Crippen MR) is 97.0 cm³/mol. The number of benzene rings is 2. The van der Waals surface area contributed by atoms with Crippen LogP contribution in [0.1, 0.15) is 11.1 Å². The first-order valence-corrected chi connectivity index (χ1v) is 7.94. The number of azo groups is 1. The molecule has 0 aromatic heterocycles. The van der Waals surface area contributed by atoms with Crippen molar-refractivity contribution in [3.63, 3.8) is 0 Å². The first-order chi connectivity index (χ1) is 12.5. The second kappa shape index (κ2) is 9.12. The maximum atomic E-state index is 11.4. The number of nitrogens with zero attached hydrogens (tertiary/aromatic N) is 2. The van der Waals surface area contributed by atoms with E-state index in [0.717, 1.165) is 29.0 Å². The van der Waals surface area contributed by atoms with Gasteiger partial charge < -0.3 is 15.5 Å². The van der Waals surface area contributed by atoms with Crippen molar-refractivity contribution in [3.05, 3.63) is 65.7 Å². The molecule has 0 spiro atoms. The van der Waals surface area contributed by atoms with E-state index in [1.165, 1.54) is 6.07 Å². The number of carbonyl (C=O) groups excluding carboxylic acids is 1. The molecule has 0 saturated heterocycles. The van der Waals surface area contributed by atoms with E-state index in [0.29, 0.717) is 18.7 Å². The Morgan fingerprint density at radius 3 is 2.54 bits per heavy atom. The third kappa shape index (κ3) is 5.86. The number of hydrogen-bond donors (Lipinski definition) is 3. The van der Waals surface area contributed by atoms with E-state index >= 15 is 0 Å². The average molecular weight is 353 g/mol. The van der Waals surface area contributed by atoms with Gasteiger partial charge in [-0.2, -0.15) is 5.11 Å². The molecule has 7 heteroatoms. The number of phenolic OH excluding ortho intramolecular Hbond substituents is 1. The Morgan fingerprint density at radius 1 is 1.08 bits per heavy atom. The SMILES string of the molecule is Cc1ccccc1N=Nc1cc(CCNC(=O)C=CC(=O)O)ccc1O. The van der Waals surface area contributed by atoms with E-state index in [2.05, 4.69) is 15.5 Å². The van der Waals surface area contributed by atoms with E-state index < -0.39 is 11.9 Å². The van der Waals surface area contributed by atoms with Gasteiger partial charge in [0.05, 0.1) is 5.69 Å². The Labute approximate surface area is 150 Å². The van der Waals surface area contributed by atoms with Gasteiger partial charge in [-0.15, -0.1) is 5.11 Å². The van der Waals surface area contributed by atoms with Crippen LogP contribution >= 0.6 is 0 Å². The largest absolute Gasteiger partial charge is 0.506 e. The molecule has 0 aliphatic rings. The van der Waals surface area contributed by atoms with E-state index in [-0.39, 0.29) is 5.75 Å². The summed E-state index contributed by atoms with van der Waals surface area (Å²) in [7, 11) is 0. The molecular weight excluding hydrogens is 334 g/mol. The van der Waals surface area contributed by atoms with Gasteiger partial charge in [-0.1, -0.05) is 24.3 Å². The highest BCUT2D eigenvalue weighted by Gasteiger charge is 2.04. The summed E-state index contributed by atoms with van der Waals surface area (Å²) in [5, 5.41) is 29.2. The number of carboxylic acid groups (broad SMARTS) is 1. The Balaban J connectivity index is 2.00. The number of aliphatic carboxylic acids is 1. The molecule has 0 heterocycles. The molecule has 0 saturated carbocycles. The molecule has 0 aliphatic carbocycles. The molecule has 134 valence electrons. The maximum absolute atomic E-state index is 11.4. The van der Waals surface area contributed by atoms with Gasteiger partial charge in [0, 0.05) is 18.7 Å². The first-order valence-electron chi connectivity index (χ1n) is 7.94. The molecule has 26 heavy (non-hydrogen) atoms. The molecule has 1 amide bonds. The van der Waals surface area contributed by atoms with Crippen LogP contribution in [0.4, 0.5) is 11.4 Å². The third-order valence-corrected chi connectivity index (χ3v) is 3.51. The highest BCUT2D eigenvalue weighted by atomic mass is 16.4. The summed E-state index contributed by atoms with van der Waals surface area (Å²) in [4.78, 5) is 21.8. The van der Waals surface area contributed by atoms with Crippen molar-refractivity contribution >= 4 is 23.3 Å². The van der Waals surface area contributed by atoms with E-state index in [1.54, 1.807) is 12.1 Å². The zero-order valence-corrected chi connectivity index (χ0v) is 14.2. The Kier molecular flexibility index (Phi) is 6.61. The van der Waals surface area contributed by atoms with Crippen molar-refractivity contribution in [2.24, 2.45) is 10.2 Å². The average Bonchev–Trinajstić information content (AvgIpc) is 2.61. The highest BCUT2D eigenvalue weighted by Crippen LogP contribution is 2.30. The van der Waals surface area contributed by atoms with Crippen LogP contribution in [0.3, 0.4) is 0 Å². The number of carbonyl (C=O) groups is 2. The second-order valence-corrected chi connectivity index (χ2v) is 5.52. The lowest BCUT2D eigenvalue weighted by molar-refractivity contribution is -0.131. The fourth-order valence-electron chi connectivity index (χ4n) is 2.12. The Hall–Kier alpha value is -3.48. The predicted octanol–water partition coefficient (Wildman–Crippen LogP) is 3.42. The number of phenols is 1. The number of hydrogen-bond acceptors (Lipinski definition) is 5. The standard InChI is InChI=1S/C19H19N3O4/c1-13-4-2-3-5-15(13)21-22-16-12-14(6-7-17(16)23)10-11-20-18(24)8-9-19(25)26/h2-9,12,23H,10-11H2,1H3,(H,20,24)(H,25,26). The van der Waals surface area contributed by atoms with Crippen molar-refractivity contribution < 1.29 is 19.8 Å². The van der Waals surface area contributed by atoms with Crippen molar-refractivity contribution in [2.45, 2.75) is 13.3 Å². The molecule has 3 N–H and O–H groups in total. The fraction of sp³-hybridized carbons (Fsp3) is 0.158. The smallest absolute Gasteiger partial charge is 0.328 e. The number of carboxylic acids is 1. The van der Waals surface area contributed by atoms with Crippen LogP contribution in [0.15, 0.2) is 64.8 Å². The normalized spacial score (nSPS) is 11.1. The Bertz CT molecular complexity index is 860. The molecule has 0 atom stereocenters. The molecular formula is C19H19N3O4. The lowest BCUT2D eigenvalue weighted by atomic mass is 10.1. The minimum atomic E-state index is -1.18. The van der Waals surface area contributed by atoms with Gasteiger partial charge in [0.1, 0.15) is 11.4 Å². The van der Waals surface area contributed by atoms with Crippen molar-refractivity contribution in [2.75, 3.05) is 6.54 Å². The summed E-state index contributed by atoms with van der Waals surface area (Å²) >= 11 is 0. The van der Waals surface area contributed by atoms with Crippen molar-refractivity contribution in [3.8, 4) is 5.75 Å². The van der Waals surface area contributed by atoms with E-state index in [4.69, 9.17) is 5.11 Å². The highest BCUT2D eigenvalue weighted by molar-refractivity contribution is 5.93. The number of rotatable bonds is 7. The van der Waals surface area contributed by atoms with Gasteiger partial charge in [0.25, 0.3) is 0 Å². The summed E-state index contributed by atoms with van der Waals surface area (Å²) in [6, 6.07) is 12.5. The zero-order chi connectivity index (χ0) is 18.9.